The molecular weight excluding hydrogens is 284 g/mol. The summed E-state index contributed by atoms with van der Waals surface area (Å²) in [5.74, 6) is 2.77. The van der Waals surface area contributed by atoms with Gasteiger partial charge in [-0.05, 0) is 25.7 Å². The Balaban J connectivity index is 1.47. The van der Waals surface area contributed by atoms with Crippen molar-refractivity contribution >= 4 is 17.5 Å². The number of ketones is 1. The van der Waals surface area contributed by atoms with Gasteiger partial charge in [0, 0.05) is 24.0 Å². The van der Waals surface area contributed by atoms with Crippen molar-refractivity contribution in [3.63, 3.8) is 0 Å². The van der Waals surface area contributed by atoms with Gasteiger partial charge in [0.1, 0.15) is 5.78 Å². The predicted molar refractivity (Wildman–Crippen MR) is 83.1 cm³/mol. The molecule has 1 unspecified atom stereocenters. The van der Waals surface area contributed by atoms with Crippen LogP contribution in [0.3, 0.4) is 0 Å². The molecule has 0 amide bonds. The Labute approximate surface area is 130 Å². The lowest BCUT2D eigenvalue weighted by atomic mass is 9.86. The maximum Gasteiger partial charge on any atom is 0.227 e. The molecule has 0 saturated heterocycles. The highest BCUT2D eigenvalue weighted by atomic mass is 32.2. The standard InChI is InChI=1S/C16H24N2O2S/c19-14-9-5-4-6-12(14)10-16-17-15(18-20-16)11-21-13-7-2-1-3-8-13/h12-13H,1-11H2. The van der Waals surface area contributed by atoms with Gasteiger partial charge in [-0.1, -0.05) is 30.8 Å². The molecular formula is C16H24N2O2S. The van der Waals surface area contributed by atoms with Crippen LogP contribution in [0.1, 0.15) is 69.5 Å². The summed E-state index contributed by atoms with van der Waals surface area (Å²) in [6.07, 6.45) is 11.3. The molecule has 3 rings (SSSR count). The molecule has 0 bridgehead atoms. The van der Waals surface area contributed by atoms with E-state index < -0.39 is 0 Å². The van der Waals surface area contributed by atoms with Crippen LogP contribution >= 0.6 is 11.8 Å². The van der Waals surface area contributed by atoms with Crippen LogP contribution in [-0.2, 0) is 17.0 Å². The number of carbonyl (C=O) groups is 1. The third kappa shape index (κ3) is 4.31. The van der Waals surface area contributed by atoms with E-state index in [1.54, 1.807) is 0 Å². The van der Waals surface area contributed by atoms with Crippen LogP contribution in [0.25, 0.3) is 0 Å². The Morgan fingerprint density at radius 3 is 2.71 bits per heavy atom. The van der Waals surface area contributed by atoms with Gasteiger partial charge in [0.15, 0.2) is 5.82 Å². The fourth-order valence-corrected chi connectivity index (χ4v) is 4.51. The second-order valence-electron chi connectivity index (χ2n) is 6.29. The first kappa shape index (κ1) is 15.1. The third-order valence-corrected chi connectivity index (χ3v) is 5.98. The van der Waals surface area contributed by atoms with Crippen molar-refractivity contribution < 1.29 is 9.32 Å². The van der Waals surface area contributed by atoms with Crippen molar-refractivity contribution in [3.05, 3.63) is 11.7 Å². The van der Waals surface area contributed by atoms with Crippen LogP contribution in [0, 0.1) is 5.92 Å². The van der Waals surface area contributed by atoms with Gasteiger partial charge < -0.3 is 4.52 Å². The third-order valence-electron chi connectivity index (χ3n) is 4.61. The Hall–Kier alpha value is -0.840. The topological polar surface area (TPSA) is 56.0 Å². The first-order chi connectivity index (χ1) is 10.3. The van der Waals surface area contributed by atoms with Crippen molar-refractivity contribution in [1.82, 2.24) is 10.1 Å². The quantitative estimate of drug-likeness (QED) is 0.824. The number of aromatic nitrogens is 2. The first-order valence-corrected chi connectivity index (χ1v) is 9.32. The Bertz CT molecular complexity index is 469. The molecule has 21 heavy (non-hydrogen) atoms. The summed E-state index contributed by atoms with van der Waals surface area (Å²) in [6, 6.07) is 0. The number of Topliss-reactive ketones (excluding diaryl/α,β-unsaturated/α-hetero) is 1. The van der Waals surface area contributed by atoms with E-state index in [0.29, 0.717) is 18.1 Å². The zero-order valence-electron chi connectivity index (χ0n) is 12.6. The Kier molecular flexibility index (Phi) is 5.33. The molecule has 1 aromatic heterocycles. The van der Waals surface area contributed by atoms with Gasteiger partial charge in [-0.2, -0.15) is 16.7 Å². The number of hydrogen-bond donors (Lipinski definition) is 0. The van der Waals surface area contributed by atoms with Crippen LogP contribution in [0.2, 0.25) is 0 Å². The highest BCUT2D eigenvalue weighted by Gasteiger charge is 2.24. The summed E-state index contributed by atoms with van der Waals surface area (Å²) in [4.78, 5) is 16.3. The highest BCUT2D eigenvalue weighted by molar-refractivity contribution is 7.99. The molecule has 2 aliphatic rings. The summed E-state index contributed by atoms with van der Waals surface area (Å²) in [6.45, 7) is 0. The molecule has 2 fully saturated rings. The van der Waals surface area contributed by atoms with E-state index in [9.17, 15) is 4.79 Å². The molecule has 2 saturated carbocycles. The molecule has 1 atom stereocenters. The molecule has 5 heteroatoms. The van der Waals surface area contributed by atoms with E-state index in [0.717, 1.165) is 42.5 Å². The first-order valence-electron chi connectivity index (χ1n) is 8.27. The summed E-state index contributed by atoms with van der Waals surface area (Å²) in [7, 11) is 0. The van der Waals surface area contributed by atoms with Crippen molar-refractivity contribution in [2.24, 2.45) is 5.92 Å². The normalized spacial score (nSPS) is 24.4. The fourth-order valence-electron chi connectivity index (χ4n) is 3.34. The fraction of sp³-hybridized carbons (Fsp3) is 0.812. The second kappa shape index (κ2) is 7.43. The molecule has 0 N–H and O–H groups in total. The van der Waals surface area contributed by atoms with E-state index >= 15 is 0 Å². The van der Waals surface area contributed by atoms with Crippen LogP contribution in [0.5, 0.6) is 0 Å². The van der Waals surface area contributed by atoms with Gasteiger partial charge in [-0.15, -0.1) is 0 Å². The zero-order chi connectivity index (χ0) is 14.5. The van der Waals surface area contributed by atoms with E-state index in [1.165, 1.54) is 32.1 Å². The number of nitrogens with zero attached hydrogens (tertiary/aromatic N) is 2. The summed E-state index contributed by atoms with van der Waals surface area (Å²) < 4.78 is 5.33. The number of thioether (sulfide) groups is 1. The number of hydrogen-bond acceptors (Lipinski definition) is 5. The minimum absolute atomic E-state index is 0.109. The highest BCUT2D eigenvalue weighted by Crippen LogP contribution is 2.30. The average molecular weight is 308 g/mol. The molecule has 0 spiro atoms. The van der Waals surface area contributed by atoms with Gasteiger partial charge in [0.25, 0.3) is 0 Å². The molecule has 0 aliphatic heterocycles. The second-order valence-corrected chi connectivity index (χ2v) is 7.58. The van der Waals surface area contributed by atoms with Crippen molar-refractivity contribution in [2.75, 3.05) is 0 Å². The maximum atomic E-state index is 11.8. The lowest BCUT2D eigenvalue weighted by Crippen LogP contribution is -2.21. The molecule has 0 aromatic carbocycles. The van der Waals surface area contributed by atoms with Crippen molar-refractivity contribution in [3.8, 4) is 0 Å². The molecule has 1 aromatic rings. The summed E-state index contributed by atoms with van der Waals surface area (Å²) in [5.41, 5.74) is 0. The molecule has 2 aliphatic carbocycles. The molecule has 4 nitrogen and oxygen atoms in total. The number of rotatable bonds is 5. The predicted octanol–water partition coefficient (Wildman–Crippen LogP) is 3.94. The van der Waals surface area contributed by atoms with Crippen LogP contribution < -0.4 is 0 Å². The van der Waals surface area contributed by atoms with Crippen molar-refractivity contribution in [2.45, 2.75) is 75.2 Å². The van der Waals surface area contributed by atoms with Crippen molar-refractivity contribution in [1.29, 1.82) is 0 Å². The SMILES string of the molecule is O=C1CCCCC1Cc1nc(CSC2CCCCC2)no1. The van der Waals surface area contributed by atoms with Gasteiger partial charge in [0.2, 0.25) is 5.89 Å². The smallest absolute Gasteiger partial charge is 0.227 e. The van der Waals surface area contributed by atoms with E-state index in [-0.39, 0.29) is 5.92 Å². The lowest BCUT2D eigenvalue weighted by Gasteiger charge is -2.20. The van der Waals surface area contributed by atoms with Gasteiger partial charge >= 0.3 is 0 Å². The Morgan fingerprint density at radius 1 is 1.10 bits per heavy atom. The molecule has 0 radical (unpaired) electrons. The van der Waals surface area contributed by atoms with Gasteiger partial charge in [0.05, 0.1) is 5.75 Å². The van der Waals surface area contributed by atoms with E-state index in [4.69, 9.17) is 4.52 Å². The largest absolute Gasteiger partial charge is 0.339 e. The summed E-state index contributed by atoms with van der Waals surface area (Å²) >= 11 is 1.96. The van der Waals surface area contributed by atoms with E-state index in [2.05, 4.69) is 10.1 Å². The minimum atomic E-state index is 0.109. The Morgan fingerprint density at radius 2 is 1.90 bits per heavy atom. The van der Waals surface area contributed by atoms with E-state index in [1.807, 2.05) is 11.8 Å². The van der Waals surface area contributed by atoms with Crippen LogP contribution in [0.15, 0.2) is 4.52 Å². The lowest BCUT2D eigenvalue weighted by molar-refractivity contribution is -0.124. The zero-order valence-corrected chi connectivity index (χ0v) is 13.4. The molecule has 116 valence electrons. The monoisotopic (exact) mass is 308 g/mol. The summed E-state index contributed by atoms with van der Waals surface area (Å²) in [5, 5.41) is 4.84. The van der Waals surface area contributed by atoms with Crippen LogP contribution in [-0.4, -0.2) is 21.2 Å². The number of carbonyl (C=O) groups excluding carboxylic acids is 1. The van der Waals surface area contributed by atoms with Gasteiger partial charge in [-0.25, -0.2) is 0 Å². The molecule has 1 heterocycles. The van der Waals surface area contributed by atoms with Gasteiger partial charge in [-0.3, -0.25) is 4.79 Å². The minimum Gasteiger partial charge on any atom is -0.339 e. The maximum absolute atomic E-state index is 11.8. The van der Waals surface area contributed by atoms with Crippen LogP contribution in [0.4, 0.5) is 0 Å². The average Bonchev–Trinajstić information content (AvgIpc) is 2.96.